The number of hydrogen-bond acceptors (Lipinski definition) is 6. The van der Waals surface area contributed by atoms with Crippen molar-refractivity contribution in [2.24, 2.45) is 0 Å². The molecule has 0 unspecified atom stereocenters. The van der Waals surface area contributed by atoms with Gasteiger partial charge in [-0.3, -0.25) is 9.59 Å². The standard InChI is InChI=1S/C23H23N3O4S/c1-15(27)25-19(12-16-8-4-2-5-9-16)23(29)30-14-21(28)26-22-18(13-24)17-10-6-3-7-11-20(17)31-22/h2,4-5,8-9,12H,3,6-7,10-11,14H2,1H3,(H,25,27)(H,26,28)/b19-12+. The quantitative estimate of drug-likeness (QED) is 0.408. The molecule has 0 bridgehead atoms. The van der Waals surface area contributed by atoms with Gasteiger partial charge in [0, 0.05) is 11.8 Å². The summed E-state index contributed by atoms with van der Waals surface area (Å²) >= 11 is 1.42. The third-order valence-corrected chi connectivity index (χ3v) is 5.97. The molecule has 0 fully saturated rings. The number of esters is 1. The van der Waals surface area contributed by atoms with Crippen molar-refractivity contribution >= 4 is 40.2 Å². The van der Waals surface area contributed by atoms with Gasteiger partial charge in [-0.2, -0.15) is 5.26 Å². The lowest BCUT2D eigenvalue weighted by Gasteiger charge is -2.09. The molecule has 1 aromatic carbocycles. The van der Waals surface area contributed by atoms with Crippen LogP contribution in [0, 0.1) is 11.3 Å². The van der Waals surface area contributed by atoms with E-state index in [1.807, 2.05) is 6.07 Å². The van der Waals surface area contributed by atoms with Gasteiger partial charge < -0.3 is 15.4 Å². The molecule has 31 heavy (non-hydrogen) atoms. The Balaban J connectivity index is 1.66. The second kappa shape index (κ2) is 10.5. The van der Waals surface area contributed by atoms with Crippen LogP contribution in [-0.2, 0) is 32.0 Å². The number of nitriles is 1. The van der Waals surface area contributed by atoms with Gasteiger partial charge >= 0.3 is 5.97 Å². The van der Waals surface area contributed by atoms with Crippen molar-refractivity contribution in [2.75, 3.05) is 11.9 Å². The van der Waals surface area contributed by atoms with E-state index in [4.69, 9.17) is 4.74 Å². The van der Waals surface area contributed by atoms with Gasteiger partial charge in [0.25, 0.3) is 5.91 Å². The number of amides is 2. The molecule has 0 radical (unpaired) electrons. The fourth-order valence-corrected chi connectivity index (χ4v) is 4.63. The second-order valence-electron chi connectivity index (χ2n) is 7.15. The predicted octanol–water partition coefficient (Wildman–Crippen LogP) is 3.55. The molecule has 0 spiro atoms. The summed E-state index contributed by atoms with van der Waals surface area (Å²) in [6, 6.07) is 11.2. The van der Waals surface area contributed by atoms with Crippen LogP contribution in [0.2, 0.25) is 0 Å². The predicted molar refractivity (Wildman–Crippen MR) is 118 cm³/mol. The van der Waals surface area contributed by atoms with E-state index in [0.717, 1.165) is 42.5 Å². The number of aryl methyl sites for hydroxylation is 1. The molecule has 7 nitrogen and oxygen atoms in total. The minimum atomic E-state index is -0.823. The van der Waals surface area contributed by atoms with Gasteiger partial charge in [0.2, 0.25) is 5.91 Å². The molecule has 0 saturated heterocycles. The molecule has 2 aromatic rings. The molecule has 1 aliphatic carbocycles. The summed E-state index contributed by atoms with van der Waals surface area (Å²) in [5.74, 6) is -1.79. The number of hydrogen-bond donors (Lipinski definition) is 2. The first-order chi connectivity index (χ1) is 15.0. The third kappa shape index (κ3) is 6.03. The van der Waals surface area contributed by atoms with Gasteiger partial charge in [-0.05, 0) is 42.9 Å². The molecule has 1 aliphatic rings. The Kier molecular flexibility index (Phi) is 7.57. The molecular formula is C23H23N3O4S. The van der Waals surface area contributed by atoms with Gasteiger partial charge in [0.05, 0.1) is 5.56 Å². The molecule has 0 aliphatic heterocycles. The zero-order valence-electron chi connectivity index (χ0n) is 17.2. The Labute approximate surface area is 184 Å². The van der Waals surface area contributed by atoms with E-state index in [9.17, 15) is 19.6 Å². The van der Waals surface area contributed by atoms with Crippen molar-refractivity contribution in [3.8, 4) is 6.07 Å². The number of ether oxygens (including phenoxy) is 1. The molecule has 3 rings (SSSR count). The zero-order chi connectivity index (χ0) is 22.2. The number of nitrogens with one attached hydrogen (secondary N) is 2. The van der Waals surface area contributed by atoms with E-state index in [0.29, 0.717) is 16.1 Å². The number of anilines is 1. The van der Waals surface area contributed by atoms with E-state index in [1.54, 1.807) is 24.3 Å². The molecule has 2 N–H and O–H groups in total. The van der Waals surface area contributed by atoms with Gasteiger partial charge in [-0.15, -0.1) is 11.3 Å². The number of benzene rings is 1. The maximum Gasteiger partial charge on any atom is 0.355 e. The maximum atomic E-state index is 12.4. The summed E-state index contributed by atoms with van der Waals surface area (Å²) < 4.78 is 5.09. The fraction of sp³-hybridized carbons (Fsp3) is 0.304. The highest BCUT2D eigenvalue weighted by molar-refractivity contribution is 7.16. The normalized spacial score (nSPS) is 13.4. The molecule has 0 saturated carbocycles. The van der Waals surface area contributed by atoms with Crippen LogP contribution in [0.25, 0.3) is 6.08 Å². The van der Waals surface area contributed by atoms with Crippen LogP contribution in [0.15, 0.2) is 36.0 Å². The highest BCUT2D eigenvalue weighted by Gasteiger charge is 2.22. The lowest BCUT2D eigenvalue weighted by atomic mass is 10.1. The first-order valence-corrected chi connectivity index (χ1v) is 10.9. The smallest absolute Gasteiger partial charge is 0.355 e. The van der Waals surface area contributed by atoms with Crippen LogP contribution in [0.4, 0.5) is 5.00 Å². The number of carbonyl (C=O) groups is 3. The average molecular weight is 438 g/mol. The SMILES string of the molecule is CC(=O)N/C(=C/c1ccccc1)C(=O)OCC(=O)Nc1sc2c(c1C#N)CCCCC2. The number of rotatable bonds is 6. The number of nitrogens with zero attached hydrogens (tertiary/aromatic N) is 1. The summed E-state index contributed by atoms with van der Waals surface area (Å²) in [5, 5.41) is 15.2. The summed E-state index contributed by atoms with van der Waals surface area (Å²) in [4.78, 5) is 37.4. The number of carbonyl (C=O) groups excluding carboxylic acids is 3. The topological polar surface area (TPSA) is 108 Å². The van der Waals surface area contributed by atoms with Crippen molar-refractivity contribution in [3.63, 3.8) is 0 Å². The van der Waals surface area contributed by atoms with Gasteiger partial charge in [0.15, 0.2) is 6.61 Å². The van der Waals surface area contributed by atoms with Crippen LogP contribution in [0.5, 0.6) is 0 Å². The Morgan fingerprint density at radius 1 is 1.16 bits per heavy atom. The van der Waals surface area contributed by atoms with Crippen LogP contribution in [0.1, 0.15) is 47.8 Å². The van der Waals surface area contributed by atoms with Crippen LogP contribution < -0.4 is 10.6 Å². The Hall–Kier alpha value is -3.44. The molecule has 2 amide bonds. The van der Waals surface area contributed by atoms with Crippen molar-refractivity contribution in [1.29, 1.82) is 5.26 Å². The van der Waals surface area contributed by atoms with E-state index in [-0.39, 0.29) is 5.70 Å². The summed E-state index contributed by atoms with van der Waals surface area (Å²) in [6.45, 7) is 0.751. The lowest BCUT2D eigenvalue weighted by molar-refractivity contribution is -0.144. The Morgan fingerprint density at radius 2 is 1.90 bits per heavy atom. The highest BCUT2D eigenvalue weighted by Crippen LogP contribution is 2.36. The summed E-state index contributed by atoms with van der Waals surface area (Å²) in [7, 11) is 0. The van der Waals surface area contributed by atoms with Crippen LogP contribution in [-0.4, -0.2) is 24.4 Å². The van der Waals surface area contributed by atoms with E-state index in [2.05, 4.69) is 16.7 Å². The van der Waals surface area contributed by atoms with Crippen molar-refractivity contribution in [3.05, 3.63) is 57.6 Å². The minimum absolute atomic E-state index is 0.0629. The van der Waals surface area contributed by atoms with Gasteiger partial charge in [-0.1, -0.05) is 36.8 Å². The van der Waals surface area contributed by atoms with Crippen molar-refractivity contribution in [1.82, 2.24) is 5.32 Å². The molecule has 0 atom stereocenters. The number of thiophene rings is 1. The van der Waals surface area contributed by atoms with E-state index in [1.165, 1.54) is 24.3 Å². The first kappa shape index (κ1) is 22.2. The van der Waals surface area contributed by atoms with Gasteiger partial charge in [-0.25, -0.2) is 4.79 Å². The number of fused-ring (bicyclic) bond motifs is 1. The summed E-state index contributed by atoms with van der Waals surface area (Å²) in [6.07, 6.45) is 6.46. The van der Waals surface area contributed by atoms with Crippen molar-refractivity contribution in [2.45, 2.75) is 39.0 Å². The maximum absolute atomic E-state index is 12.4. The van der Waals surface area contributed by atoms with Crippen LogP contribution in [0.3, 0.4) is 0 Å². The molecule has 8 heteroatoms. The fourth-order valence-electron chi connectivity index (χ4n) is 3.37. The Morgan fingerprint density at radius 3 is 2.61 bits per heavy atom. The third-order valence-electron chi connectivity index (χ3n) is 4.76. The zero-order valence-corrected chi connectivity index (χ0v) is 18.0. The molecule has 1 aromatic heterocycles. The van der Waals surface area contributed by atoms with E-state index >= 15 is 0 Å². The van der Waals surface area contributed by atoms with E-state index < -0.39 is 24.4 Å². The minimum Gasteiger partial charge on any atom is -0.451 e. The summed E-state index contributed by atoms with van der Waals surface area (Å²) in [5.41, 5.74) is 2.17. The average Bonchev–Trinajstić information content (AvgIpc) is 2.90. The molecular weight excluding hydrogens is 414 g/mol. The first-order valence-electron chi connectivity index (χ1n) is 10.0. The second-order valence-corrected chi connectivity index (χ2v) is 8.26. The van der Waals surface area contributed by atoms with Crippen molar-refractivity contribution < 1.29 is 19.1 Å². The highest BCUT2D eigenvalue weighted by atomic mass is 32.1. The molecule has 1 heterocycles. The lowest BCUT2D eigenvalue weighted by Crippen LogP contribution is -2.28. The van der Waals surface area contributed by atoms with Gasteiger partial charge in [0.1, 0.15) is 16.8 Å². The molecule has 160 valence electrons. The Bertz CT molecular complexity index is 1050. The van der Waals surface area contributed by atoms with Crippen LogP contribution >= 0.6 is 11.3 Å². The monoisotopic (exact) mass is 437 g/mol. The largest absolute Gasteiger partial charge is 0.451 e.